The highest BCUT2D eigenvalue weighted by atomic mass is 19.1. The Morgan fingerprint density at radius 2 is 1.45 bits per heavy atom. The summed E-state index contributed by atoms with van der Waals surface area (Å²) in [4.78, 5) is 0. The first-order valence-corrected chi connectivity index (χ1v) is 7.30. The van der Waals surface area contributed by atoms with E-state index in [1.807, 2.05) is 52.0 Å². The molecule has 0 spiro atoms. The summed E-state index contributed by atoms with van der Waals surface area (Å²) in [7, 11) is 0. The summed E-state index contributed by atoms with van der Waals surface area (Å²) in [6, 6.07) is 5.64. The number of halogens is 2. The monoisotopic (exact) mass is 298 g/mol. The van der Waals surface area contributed by atoms with Gasteiger partial charge in [-0.15, -0.1) is 0 Å². The van der Waals surface area contributed by atoms with E-state index in [2.05, 4.69) is 6.08 Å². The number of allylic oxidation sites excluding steroid dienone is 3. The molecule has 22 heavy (non-hydrogen) atoms. The van der Waals surface area contributed by atoms with Gasteiger partial charge in [-0.2, -0.15) is 0 Å². The van der Waals surface area contributed by atoms with E-state index in [4.69, 9.17) is 0 Å². The van der Waals surface area contributed by atoms with Crippen molar-refractivity contribution in [2.75, 3.05) is 0 Å². The first-order chi connectivity index (χ1) is 10.4. The topological polar surface area (TPSA) is 0 Å². The SMILES string of the molecule is C/C=C/C=C\c1c(C)cc(-c2cc(F)cc(F)c2)c(C)c1C. The molecule has 0 saturated heterocycles. The van der Waals surface area contributed by atoms with Crippen LogP contribution in [0.1, 0.15) is 29.2 Å². The van der Waals surface area contributed by atoms with Crippen LogP contribution in [0.4, 0.5) is 8.78 Å². The minimum absolute atomic E-state index is 0.554. The summed E-state index contributed by atoms with van der Waals surface area (Å²) in [5, 5.41) is 0. The highest BCUT2D eigenvalue weighted by molar-refractivity contribution is 5.74. The van der Waals surface area contributed by atoms with Crippen LogP contribution >= 0.6 is 0 Å². The van der Waals surface area contributed by atoms with Crippen molar-refractivity contribution in [1.82, 2.24) is 0 Å². The first-order valence-electron chi connectivity index (χ1n) is 7.30. The van der Waals surface area contributed by atoms with E-state index in [9.17, 15) is 8.78 Å². The Morgan fingerprint density at radius 1 is 0.818 bits per heavy atom. The van der Waals surface area contributed by atoms with Crippen LogP contribution in [0.25, 0.3) is 17.2 Å². The summed E-state index contributed by atoms with van der Waals surface area (Å²) in [5.74, 6) is -1.11. The number of rotatable bonds is 3. The lowest BCUT2D eigenvalue weighted by Gasteiger charge is -2.15. The average molecular weight is 298 g/mol. The van der Waals surface area contributed by atoms with Crippen molar-refractivity contribution < 1.29 is 8.78 Å². The average Bonchev–Trinajstić information content (AvgIpc) is 2.45. The largest absolute Gasteiger partial charge is 0.207 e. The molecule has 2 rings (SSSR count). The van der Waals surface area contributed by atoms with Crippen LogP contribution in [0, 0.1) is 32.4 Å². The van der Waals surface area contributed by atoms with Crippen molar-refractivity contribution >= 4 is 6.08 Å². The molecule has 0 aliphatic rings. The lowest BCUT2D eigenvalue weighted by atomic mass is 9.90. The molecule has 2 aromatic carbocycles. The van der Waals surface area contributed by atoms with Gasteiger partial charge < -0.3 is 0 Å². The van der Waals surface area contributed by atoms with Crippen molar-refractivity contribution in [2.45, 2.75) is 27.7 Å². The lowest BCUT2D eigenvalue weighted by Crippen LogP contribution is -1.96. The van der Waals surface area contributed by atoms with Crippen molar-refractivity contribution in [3.05, 3.63) is 76.4 Å². The lowest BCUT2D eigenvalue weighted by molar-refractivity contribution is 0.584. The Morgan fingerprint density at radius 3 is 2.05 bits per heavy atom. The smallest absolute Gasteiger partial charge is 0.126 e. The van der Waals surface area contributed by atoms with Crippen LogP contribution in [0.3, 0.4) is 0 Å². The molecule has 0 saturated carbocycles. The van der Waals surface area contributed by atoms with Gasteiger partial charge in [-0.3, -0.25) is 0 Å². The number of hydrogen-bond donors (Lipinski definition) is 0. The van der Waals surface area contributed by atoms with Crippen LogP contribution in [-0.2, 0) is 0 Å². The van der Waals surface area contributed by atoms with Gasteiger partial charge in [0.25, 0.3) is 0 Å². The van der Waals surface area contributed by atoms with E-state index in [1.165, 1.54) is 12.1 Å². The number of benzene rings is 2. The standard InChI is InChI=1S/C20H20F2/c1-5-6-7-8-19-13(2)9-20(15(4)14(19)3)16-10-17(21)12-18(22)11-16/h5-12H,1-4H3/b6-5+,8-7-. The third kappa shape index (κ3) is 3.33. The van der Waals surface area contributed by atoms with Crippen LogP contribution < -0.4 is 0 Å². The highest BCUT2D eigenvalue weighted by Gasteiger charge is 2.11. The molecule has 0 aliphatic carbocycles. The Balaban J connectivity index is 2.60. The summed E-state index contributed by atoms with van der Waals surface area (Å²) in [6.07, 6.45) is 8.01. The van der Waals surface area contributed by atoms with Gasteiger partial charge in [-0.25, -0.2) is 8.78 Å². The van der Waals surface area contributed by atoms with E-state index < -0.39 is 11.6 Å². The van der Waals surface area contributed by atoms with Crippen LogP contribution in [0.5, 0.6) is 0 Å². The molecule has 0 bridgehead atoms. The second kappa shape index (κ2) is 6.69. The molecule has 0 amide bonds. The fourth-order valence-corrected chi connectivity index (χ4v) is 2.63. The second-order valence-corrected chi connectivity index (χ2v) is 5.45. The van der Waals surface area contributed by atoms with E-state index in [-0.39, 0.29) is 0 Å². The van der Waals surface area contributed by atoms with Crippen molar-refractivity contribution in [1.29, 1.82) is 0 Å². The van der Waals surface area contributed by atoms with Crippen LogP contribution in [-0.4, -0.2) is 0 Å². The highest BCUT2D eigenvalue weighted by Crippen LogP contribution is 2.31. The maximum Gasteiger partial charge on any atom is 0.126 e. The van der Waals surface area contributed by atoms with E-state index in [1.54, 1.807) is 0 Å². The molecular formula is C20H20F2. The third-order valence-electron chi connectivity index (χ3n) is 3.90. The van der Waals surface area contributed by atoms with Gasteiger partial charge in [0.05, 0.1) is 0 Å². The molecule has 0 radical (unpaired) electrons. The maximum absolute atomic E-state index is 13.5. The summed E-state index contributed by atoms with van der Waals surface area (Å²) in [5.41, 5.74) is 5.85. The zero-order valence-corrected chi connectivity index (χ0v) is 13.4. The fourth-order valence-electron chi connectivity index (χ4n) is 2.63. The molecule has 0 nitrogen and oxygen atoms in total. The van der Waals surface area contributed by atoms with Gasteiger partial charge in [0.15, 0.2) is 0 Å². The molecule has 0 fully saturated rings. The van der Waals surface area contributed by atoms with Gasteiger partial charge in [0.2, 0.25) is 0 Å². The second-order valence-electron chi connectivity index (χ2n) is 5.45. The van der Waals surface area contributed by atoms with E-state index in [0.29, 0.717) is 5.56 Å². The Hall–Kier alpha value is -2.22. The third-order valence-corrected chi connectivity index (χ3v) is 3.90. The minimum atomic E-state index is -0.554. The fraction of sp³-hybridized carbons (Fsp3) is 0.200. The van der Waals surface area contributed by atoms with Crippen LogP contribution in [0.15, 0.2) is 42.5 Å². The zero-order valence-electron chi connectivity index (χ0n) is 13.4. The summed E-state index contributed by atoms with van der Waals surface area (Å²) >= 11 is 0. The van der Waals surface area contributed by atoms with Crippen molar-refractivity contribution in [3.63, 3.8) is 0 Å². The molecule has 0 unspecified atom stereocenters. The molecule has 0 N–H and O–H groups in total. The Kier molecular flexibility index (Phi) is 4.92. The van der Waals surface area contributed by atoms with Crippen LogP contribution in [0.2, 0.25) is 0 Å². The Bertz CT molecular complexity index is 733. The van der Waals surface area contributed by atoms with E-state index in [0.717, 1.165) is 33.9 Å². The molecule has 0 atom stereocenters. The Labute approximate surface area is 130 Å². The molecule has 114 valence electrons. The zero-order chi connectivity index (χ0) is 16.3. The van der Waals surface area contributed by atoms with Gasteiger partial charge in [-0.1, -0.05) is 30.4 Å². The minimum Gasteiger partial charge on any atom is -0.207 e. The van der Waals surface area contributed by atoms with E-state index >= 15 is 0 Å². The van der Waals surface area contributed by atoms with Gasteiger partial charge in [0, 0.05) is 6.07 Å². The predicted octanol–water partition coefficient (Wildman–Crippen LogP) is 6.15. The number of hydrogen-bond acceptors (Lipinski definition) is 0. The molecule has 0 heterocycles. The van der Waals surface area contributed by atoms with Crippen molar-refractivity contribution in [2.24, 2.45) is 0 Å². The first kappa shape index (κ1) is 16.2. The van der Waals surface area contributed by atoms with Gasteiger partial charge in [-0.05, 0) is 73.2 Å². The molecule has 0 aliphatic heterocycles. The number of aryl methyl sites for hydroxylation is 1. The predicted molar refractivity (Wildman–Crippen MR) is 89.9 cm³/mol. The van der Waals surface area contributed by atoms with Gasteiger partial charge in [0.1, 0.15) is 11.6 Å². The normalized spacial score (nSPS) is 11.7. The molecule has 0 aromatic heterocycles. The quantitative estimate of drug-likeness (QED) is 0.596. The van der Waals surface area contributed by atoms with Gasteiger partial charge >= 0.3 is 0 Å². The molecule has 2 heteroatoms. The molecule has 2 aromatic rings. The summed E-state index contributed by atoms with van der Waals surface area (Å²) < 4.78 is 26.9. The maximum atomic E-state index is 13.5. The molecular weight excluding hydrogens is 278 g/mol. The van der Waals surface area contributed by atoms with Crippen molar-refractivity contribution in [3.8, 4) is 11.1 Å². The summed E-state index contributed by atoms with van der Waals surface area (Å²) in [6.45, 7) is 8.01.